The van der Waals surface area contributed by atoms with Gasteiger partial charge in [0.25, 0.3) is 0 Å². The van der Waals surface area contributed by atoms with E-state index in [-0.39, 0.29) is 24.0 Å². The first-order chi connectivity index (χ1) is 9.58. The van der Waals surface area contributed by atoms with Gasteiger partial charge in [0, 0.05) is 24.8 Å². The van der Waals surface area contributed by atoms with Gasteiger partial charge in [-0.05, 0) is 38.8 Å². The fraction of sp³-hybridized carbons (Fsp3) is 0.562. The van der Waals surface area contributed by atoms with E-state index in [1.807, 2.05) is 0 Å². The molecule has 0 heterocycles. The van der Waals surface area contributed by atoms with Crippen molar-refractivity contribution in [3.05, 3.63) is 29.8 Å². The summed E-state index contributed by atoms with van der Waals surface area (Å²) in [7, 11) is 0. The highest BCUT2D eigenvalue weighted by Gasteiger charge is 2.06. The summed E-state index contributed by atoms with van der Waals surface area (Å²) in [5, 5.41) is 3.18. The molecule has 0 saturated heterocycles. The van der Waals surface area contributed by atoms with E-state index < -0.39 is 0 Å². The van der Waals surface area contributed by atoms with Gasteiger partial charge in [-0.2, -0.15) is 0 Å². The molecular weight excluding hydrogens is 375 g/mol. The largest absolute Gasteiger partial charge is 0.370 e. The van der Waals surface area contributed by atoms with Gasteiger partial charge < -0.3 is 16.0 Å². The highest BCUT2D eigenvalue weighted by molar-refractivity contribution is 14.0. The number of rotatable bonds is 7. The van der Waals surface area contributed by atoms with E-state index in [2.05, 4.69) is 67.2 Å². The number of nitrogens with two attached hydrogens (primary N) is 1. The second-order valence-electron chi connectivity index (χ2n) is 5.09. The van der Waals surface area contributed by atoms with Crippen molar-refractivity contribution in [3.63, 3.8) is 0 Å². The molecule has 0 fully saturated rings. The van der Waals surface area contributed by atoms with E-state index in [1.165, 1.54) is 11.3 Å². The number of hydrogen-bond donors (Lipinski definition) is 2. The van der Waals surface area contributed by atoms with Crippen LogP contribution in [-0.4, -0.2) is 31.6 Å². The minimum atomic E-state index is 0. The van der Waals surface area contributed by atoms with Crippen molar-refractivity contribution in [3.8, 4) is 0 Å². The Balaban J connectivity index is 0.00000400. The number of nitrogens with one attached hydrogen (secondary N) is 1. The molecule has 3 N–H and O–H groups in total. The van der Waals surface area contributed by atoms with Gasteiger partial charge in [0.1, 0.15) is 0 Å². The molecule has 1 unspecified atom stereocenters. The molecule has 5 heteroatoms. The number of guanidine groups is 1. The van der Waals surface area contributed by atoms with Crippen molar-refractivity contribution in [2.24, 2.45) is 10.7 Å². The molecule has 4 nitrogen and oxygen atoms in total. The summed E-state index contributed by atoms with van der Waals surface area (Å²) in [5.74, 6) is 0.542. The molecule has 1 atom stereocenters. The molecule has 120 valence electrons. The van der Waals surface area contributed by atoms with Crippen LogP contribution in [0.1, 0.15) is 32.8 Å². The first-order valence-electron chi connectivity index (χ1n) is 7.45. The van der Waals surface area contributed by atoms with Gasteiger partial charge in [-0.3, -0.25) is 4.99 Å². The maximum atomic E-state index is 5.87. The predicted molar refractivity (Wildman–Crippen MR) is 104 cm³/mol. The third-order valence-electron chi connectivity index (χ3n) is 3.50. The SMILES string of the molecule is CCC(C)NC(N)=NCCN(CC)c1ccccc1C.I. The number of halogens is 1. The topological polar surface area (TPSA) is 53.6 Å². The molecule has 0 aliphatic heterocycles. The van der Waals surface area contributed by atoms with Crippen LogP contribution in [0.5, 0.6) is 0 Å². The average Bonchev–Trinajstić information content (AvgIpc) is 2.44. The summed E-state index contributed by atoms with van der Waals surface area (Å²) < 4.78 is 0. The standard InChI is InChI=1S/C16H28N4.HI/c1-5-14(4)19-16(17)18-11-12-20(6-2)15-10-8-7-9-13(15)3;/h7-10,14H,5-6,11-12H2,1-4H3,(H3,17,18,19);1H. The maximum absolute atomic E-state index is 5.87. The molecule has 0 spiro atoms. The second kappa shape index (κ2) is 10.7. The molecule has 0 bridgehead atoms. The van der Waals surface area contributed by atoms with Crippen LogP contribution in [0, 0.1) is 6.92 Å². The van der Waals surface area contributed by atoms with Crippen LogP contribution in [0.4, 0.5) is 5.69 Å². The molecule has 1 aromatic rings. The van der Waals surface area contributed by atoms with Gasteiger partial charge in [-0.25, -0.2) is 0 Å². The normalized spacial score (nSPS) is 12.5. The Bertz CT molecular complexity index is 434. The van der Waals surface area contributed by atoms with Gasteiger partial charge in [-0.1, -0.05) is 25.1 Å². The zero-order valence-corrected chi connectivity index (χ0v) is 15.9. The van der Waals surface area contributed by atoms with Crippen LogP contribution in [0.3, 0.4) is 0 Å². The van der Waals surface area contributed by atoms with E-state index >= 15 is 0 Å². The zero-order valence-electron chi connectivity index (χ0n) is 13.6. The maximum Gasteiger partial charge on any atom is 0.188 e. The molecule has 0 aromatic heterocycles. The third kappa shape index (κ3) is 7.02. The molecule has 1 aromatic carbocycles. The Hall–Kier alpha value is -0.980. The fourth-order valence-electron chi connectivity index (χ4n) is 2.06. The van der Waals surface area contributed by atoms with Crippen molar-refractivity contribution in [1.82, 2.24) is 5.32 Å². The Morgan fingerprint density at radius 3 is 2.57 bits per heavy atom. The molecule has 21 heavy (non-hydrogen) atoms. The van der Waals surface area contributed by atoms with Crippen molar-refractivity contribution < 1.29 is 0 Å². The number of hydrogen-bond acceptors (Lipinski definition) is 2. The molecule has 0 amide bonds. The molecular formula is C16H29IN4. The fourth-order valence-corrected chi connectivity index (χ4v) is 2.06. The number of aliphatic imine (C=N–C) groups is 1. The van der Waals surface area contributed by atoms with Crippen LogP contribution in [0.15, 0.2) is 29.3 Å². The van der Waals surface area contributed by atoms with Crippen LogP contribution in [-0.2, 0) is 0 Å². The lowest BCUT2D eigenvalue weighted by molar-refractivity contribution is 0.636. The van der Waals surface area contributed by atoms with Gasteiger partial charge in [0.05, 0.1) is 6.54 Å². The highest BCUT2D eigenvalue weighted by Crippen LogP contribution is 2.18. The Kier molecular flexibility index (Phi) is 10.2. The second-order valence-corrected chi connectivity index (χ2v) is 5.09. The van der Waals surface area contributed by atoms with Gasteiger partial charge in [0.2, 0.25) is 0 Å². The van der Waals surface area contributed by atoms with Gasteiger partial charge in [0.15, 0.2) is 5.96 Å². The molecule has 0 aliphatic carbocycles. The first kappa shape index (κ1) is 20.0. The number of anilines is 1. The molecule has 0 aliphatic rings. The van der Waals surface area contributed by atoms with Crippen LogP contribution < -0.4 is 16.0 Å². The van der Waals surface area contributed by atoms with Crippen molar-refractivity contribution in [1.29, 1.82) is 0 Å². The summed E-state index contributed by atoms with van der Waals surface area (Å²) in [6.45, 7) is 11.1. The number of likely N-dealkylation sites (N-methyl/N-ethyl adjacent to an activating group) is 1. The van der Waals surface area contributed by atoms with Crippen LogP contribution in [0.2, 0.25) is 0 Å². The van der Waals surface area contributed by atoms with E-state index in [4.69, 9.17) is 5.73 Å². The van der Waals surface area contributed by atoms with E-state index in [0.717, 1.165) is 19.5 Å². The average molecular weight is 404 g/mol. The molecule has 0 radical (unpaired) electrons. The van der Waals surface area contributed by atoms with Gasteiger partial charge >= 0.3 is 0 Å². The Morgan fingerprint density at radius 2 is 2.00 bits per heavy atom. The van der Waals surface area contributed by atoms with Crippen molar-refractivity contribution in [2.75, 3.05) is 24.5 Å². The Morgan fingerprint density at radius 1 is 1.33 bits per heavy atom. The molecule has 0 saturated carbocycles. The quantitative estimate of drug-likeness (QED) is 0.417. The van der Waals surface area contributed by atoms with Gasteiger partial charge in [-0.15, -0.1) is 24.0 Å². The smallest absolute Gasteiger partial charge is 0.188 e. The van der Waals surface area contributed by atoms with E-state index in [0.29, 0.717) is 18.5 Å². The zero-order chi connectivity index (χ0) is 15.0. The van der Waals surface area contributed by atoms with Crippen molar-refractivity contribution >= 4 is 35.6 Å². The summed E-state index contributed by atoms with van der Waals surface area (Å²) in [6.07, 6.45) is 1.04. The predicted octanol–water partition coefficient (Wildman–Crippen LogP) is 3.14. The number of nitrogens with zero attached hydrogens (tertiary/aromatic N) is 2. The van der Waals surface area contributed by atoms with Crippen LogP contribution in [0.25, 0.3) is 0 Å². The summed E-state index contributed by atoms with van der Waals surface area (Å²) in [4.78, 5) is 6.73. The number of benzene rings is 1. The minimum Gasteiger partial charge on any atom is -0.370 e. The molecule has 1 rings (SSSR count). The lowest BCUT2D eigenvalue weighted by Crippen LogP contribution is -2.38. The van der Waals surface area contributed by atoms with E-state index in [9.17, 15) is 0 Å². The first-order valence-corrected chi connectivity index (χ1v) is 7.45. The van der Waals surface area contributed by atoms with E-state index in [1.54, 1.807) is 0 Å². The summed E-state index contributed by atoms with van der Waals surface area (Å²) in [6, 6.07) is 8.81. The highest BCUT2D eigenvalue weighted by atomic mass is 127. The monoisotopic (exact) mass is 404 g/mol. The minimum absolute atomic E-state index is 0. The van der Waals surface area contributed by atoms with Crippen molar-refractivity contribution in [2.45, 2.75) is 40.2 Å². The lowest BCUT2D eigenvalue weighted by atomic mass is 10.2. The lowest BCUT2D eigenvalue weighted by Gasteiger charge is -2.24. The third-order valence-corrected chi connectivity index (χ3v) is 3.50. The number of para-hydroxylation sites is 1. The Labute approximate surface area is 146 Å². The number of aryl methyl sites for hydroxylation is 1. The summed E-state index contributed by atoms with van der Waals surface area (Å²) >= 11 is 0. The van der Waals surface area contributed by atoms with Crippen LogP contribution >= 0.6 is 24.0 Å². The summed E-state index contributed by atoms with van der Waals surface area (Å²) in [5.41, 5.74) is 8.44.